The van der Waals surface area contributed by atoms with E-state index in [0.29, 0.717) is 18.6 Å². The van der Waals surface area contributed by atoms with Crippen LogP contribution in [0.5, 0.6) is 5.75 Å². The Morgan fingerprint density at radius 1 is 1.23 bits per heavy atom. The smallest absolute Gasteiger partial charge is 0.253 e. The number of unbranched alkanes of at least 4 members (excludes halogenated alkanes) is 2. The predicted molar refractivity (Wildman–Crippen MR) is 104 cm³/mol. The quantitative estimate of drug-likeness (QED) is 0.701. The van der Waals surface area contributed by atoms with Gasteiger partial charge in [0.25, 0.3) is 5.91 Å². The van der Waals surface area contributed by atoms with Crippen LogP contribution in [0.3, 0.4) is 0 Å². The third kappa shape index (κ3) is 4.68. The lowest BCUT2D eigenvalue weighted by Gasteiger charge is -2.36. The largest absolute Gasteiger partial charge is 0.489 e. The fraction of sp³-hybridized carbons (Fsp3) is 0.600. The highest BCUT2D eigenvalue weighted by Gasteiger charge is 2.28. The minimum absolute atomic E-state index is 0.0340. The molecule has 2 rings (SSSR count). The maximum atomic E-state index is 12.5. The summed E-state index contributed by atoms with van der Waals surface area (Å²) in [5.41, 5.74) is 1.48. The van der Waals surface area contributed by atoms with Gasteiger partial charge in [0.05, 0.1) is 18.2 Å². The van der Waals surface area contributed by atoms with Gasteiger partial charge < -0.3 is 19.4 Å². The number of amides is 2. The Hall–Kier alpha value is -2.24. The zero-order valence-electron chi connectivity index (χ0n) is 16.6. The van der Waals surface area contributed by atoms with E-state index in [9.17, 15) is 9.59 Å². The van der Waals surface area contributed by atoms with E-state index < -0.39 is 0 Å². The molecule has 0 bridgehead atoms. The van der Waals surface area contributed by atoms with Gasteiger partial charge in [0.15, 0.2) is 0 Å². The van der Waals surface area contributed by atoms with Crippen molar-refractivity contribution in [3.63, 3.8) is 0 Å². The molecule has 26 heavy (non-hydrogen) atoms. The summed E-state index contributed by atoms with van der Waals surface area (Å²) in [5.74, 6) is 0.836. The zero-order valence-corrected chi connectivity index (χ0v) is 16.6. The standard InChI is InChI=1S/C20H31N3O3/c1-6-7-8-11-22(4)19(24)13-16-14-26-18-10-9-15(20(25)21(2)3)12-17(18)23(16)5/h9-10,12,16H,6-8,11,13-14H2,1-5H3/t16-/m0/s1. The summed E-state index contributed by atoms with van der Waals surface area (Å²) >= 11 is 0. The number of carbonyl (C=O) groups excluding carboxylic acids is 2. The van der Waals surface area contributed by atoms with Gasteiger partial charge in [0.1, 0.15) is 12.4 Å². The van der Waals surface area contributed by atoms with Crippen LogP contribution in [0.4, 0.5) is 5.69 Å². The number of rotatable bonds is 7. The van der Waals surface area contributed by atoms with Gasteiger partial charge in [-0.2, -0.15) is 0 Å². The van der Waals surface area contributed by atoms with E-state index in [0.717, 1.165) is 37.2 Å². The van der Waals surface area contributed by atoms with Crippen LogP contribution in [0.25, 0.3) is 0 Å². The first kappa shape index (κ1) is 20.1. The number of carbonyl (C=O) groups is 2. The molecule has 0 aromatic heterocycles. The van der Waals surface area contributed by atoms with E-state index in [1.807, 2.05) is 31.1 Å². The van der Waals surface area contributed by atoms with Crippen molar-refractivity contribution >= 4 is 17.5 Å². The molecule has 1 aromatic carbocycles. The number of fused-ring (bicyclic) bond motifs is 1. The highest BCUT2D eigenvalue weighted by molar-refractivity contribution is 5.95. The van der Waals surface area contributed by atoms with E-state index in [2.05, 4.69) is 11.8 Å². The number of nitrogens with zero attached hydrogens (tertiary/aromatic N) is 3. The lowest BCUT2D eigenvalue weighted by atomic mass is 10.1. The summed E-state index contributed by atoms with van der Waals surface area (Å²) in [6.45, 7) is 3.42. The van der Waals surface area contributed by atoms with Crippen molar-refractivity contribution in [3.8, 4) is 5.75 Å². The molecule has 1 atom stereocenters. The summed E-state index contributed by atoms with van der Waals surface area (Å²) in [4.78, 5) is 30.1. The molecule has 0 fully saturated rings. The summed E-state index contributed by atoms with van der Waals surface area (Å²) in [7, 11) is 7.29. The Kier molecular flexibility index (Phi) is 6.89. The first-order valence-corrected chi connectivity index (χ1v) is 9.30. The summed E-state index contributed by atoms with van der Waals surface area (Å²) in [6, 6.07) is 5.42. The second kappa shape index (κ2) is 8.92. The topological polar surface area (TPSA) is 53.1 Å². The van der Waals surface area contributed by atoms with Crippen LogP contribution < -0.4 is 9.64 Å². The monoisotopic (exact) mass is 361 g/mol. The molecule has 0 N–H and O–H groups in total. The molecule has 6 heteroatoms. The summed E-state index contributed by atoms with van der Waals surface area (Å²) < 4.78 is 5.84. The van der Waals surface area contributed by atoms with Gasteiger partial charge in [-0.15, -0.1) is 0 Å². The summed E-state index contributed by atoms with van der Waals surface area (Å²) in [6.07, 6.45) is 3.73. The lowest BCUT2D eigenvalue weighted by molar-refractivity contribution is -0.130. The number of benzene rings is 1. The molecule has 0 radical (unpaired) electrons. The molecule has 6 nitrogen and oxygen atoms in total. The highest BCUT2D eigenvalue weighted by Crippen LogP contribution is 2.34. The number of likely N-dealkylation sites (N-methyl/N-ethyl adjacent to an activating group) is 1. The van der Waals surface area contributed by atoms with Gasteiger partial charge in [-0.1, -0.05) is 19.8 Å². The molecule has 0 saturated carbocycles. The number of anilines is 1. The van der Waals surface area contributed by atoms with Crippen LogP contribution in [0.2, 0.25) is 0 Å². The van der Waals surface area contributed by atoms with Crippen molar-refractivity contribution in [1.29, 1.82) is 0 Å². The minimum atomic E-state index is -0.0462. The molecular weight excluding hydrogens is 330 g/mol. The van der Waals surface area contributed by atoms with Gasteiger partial charge in [0, 0.05) is 40.3 Å². The molecular formula is C20H31N3O3. The third-order valence-corrected chi connectivity index (χ3v) is 4.90. The van der Waals surface area contributed by atoms with Crippen molar-refractivity contribution < 1.29 is 14.3 Å². The molecule has 0 spiro atoms. The van der Waals surface area contributed by atoms with Gasteiger partial charge >= 0.3 is 0 Å². The third-order valence-electron chi connectivity index (χ3n) is 4.90. The Bertz CT molecular complexity index is 645. The van der Waals surface area contributed by atoms with E-state index in [-0.39, 0.29) is 17.9 Å². The number of hydrogen-bond acceptors (Lipinski definition) is 4. The Morgan fingerprint density at radius 3 is 2.62 bits per heavy atom. The van der Waals surface area contributed by atoms with Crippen LogP contribution in [-0.4, -0.2) is 69.0 Å². The van der Waals surface area contributed by atoms with Crippen molar-refractivity contribution in [2.45, 2.75) is 38.6 Å². The van der Waals surface area contributed by atoms with Crippen LogP contribution in [0, 0.1) is 0 Å². The molecule has 1 heterocycles. The molecule has 0 saturated heterocycles. The van der Waals surface area contributed by atoms with Gasteiger partial charge in [-0.25, -0.2) is 0 Å². The second-order valence-corrected chi connectivity index (χ2v) is 7.18. The van der Waals surface area contributed by atoms with E-state index in [1.165, 1.54) is 0 Å². The van der Waals surface area contributed by atoms with Crippen molar-refractivity contribution in [2.75, 3.05) is 46.2 Å². The first-order valence-electron chi connectivity index (χ1n) is 9.30. The fourth-order valence-corrected chi connectivity index (χ4v) is 3.08. The van der Waals surface area contributed by atoms with E-state index in [1.54, 1.807) is 25.1 Å². The van der Waals surface area contributed by atoms with Crippen LogP contribution in [-0.2, 0) is 4.79 Å². The SMILES string of the molecule is CCCCCN(C)C(=O)C[C@H]1COc2ccc(C(=O)N(C)C)cc2N1C. The van der Waals surface area contributed by atoms with Crippen molar-refractivity contribution in [1.82, 2.24) is 9.80 Å². The number of hydrogen-bond donors (Lipinski definition) is 0. The Morgan fingerprint density at radius 2 is 1.96 bits per heavy atom. The van der Waals surface area contributed by atoms with Crippen LogP contribution >= 0.6 is 0 Å². The molecule has 2 amide bonds. The molecule has 1 aliphatic rings. The molecule has 144 valence electrons. The van der Waals surface area contributed by atoms with E-state index >= 15 is 0 Å². The maximum Gasteiger partial charge on any atom is 0.253 e. The van der Waals surface area contributed by atoms with Crippen LogP contribution in [0.1, 0.15) is 43.0 Å². The van der Waals surface area contributed by atoms with Crippen molar-refractivity contribution in [3.05, 3.63) is 23.8 Å². The molecule has 1 aromatic rings. The minimum Gasteiger partial charge on any atom is -0.489 e. The van der Waals surface area contributed by atoms with Gasteiger partial charge in [0.2, 0.25) is 5.91 Å². The van der Waals surface area contributed by atoms with Gasteiger partial charge in [-0.3, -0.25) is 9.59 Å². The van der Waals surface area contributed by atoms with Crippen LogP contribution in [0.15, 0.2) is 18.2 Å². The molecule has 0 unspecified atom stereocenters. The first-order chi connectivity index (χ1) is 12.3. The maximum absolute atomic E-state index is 12.5. The second-order valence-electron chi connectivity index (χ2n) is 7.18. The van der Waals surface area contributed by atoms with Crippen molar-refractivity contribution in [2.24, 2.45) is 0 Å². The average Bonchev–Trinajstić information content (AvgIpc) is 2.63. The zero-order chi connectivity index (χ0) is 19.3. The molecule has 0 aliphatic carbocycles. The average molecular weight is 361 g/mol. The normalized spacial score (nSPS) is 15.9. The Balaban J connectivity index is 2.06. The highest BCUT2D eigenvalue weighted by atomic mass is 16.5. The number of ether oxygens (including phenoxy) is 1. The predicted octanol–water partition coefficient (Wildman–Crippen LogP) is 2.62. The van der Waals surface area contributed by atoms with Gasteiger partial charge in [-0.05, 0) is 24.6 Å². The molecule has 1 aliphatic heterocycles. The fourth-order valence-electron chi connectivity index (χ4n) is 3.08. The lowest BCUT2D eigenvalue weighted by Crippen LogP contribution is -2.44. The Labute approximate surface area is 156 Å². The summed E-state index contributed by atoms with van der Waals surface area (Å²) in [5, 5.41) is 0. The van der Waals surface area contributed by atoms with E-state index in [4.69, 9.17) is 4.74 Å².